The van der Waals surface area contributed by atoms with E-state index in [9.17, 15) is 4.79 Å². The highest BCUT2D eigenvalue weighted by atomic mass is 16.5. The van der Waals surface area contributed by atoms with Crippen molar-refractivity contribution < 1.29 is 9.53 Å². The van der Waals surface area contributed by atoms with Crippen LogP contribution in [0.1, 0.15) is 23.0 Å². The van der Waals surface area contributed by atoms with E-state index in [-0.39, 0.29) is 5.97 Å². The number of hydrogen-bond donors (Lipinski definition) is 1. The van der Waals surface area contributed by atoms with Crippen molar-refractivity contribution >= 4 is 5.97 Å². The number of H-pyrrole nitrogens is 1. The number of esters is 1. The Labute approximate surface area is 117 Å². The van der Waals surface area contributed by atoms with E-state index in [0.29, 0.717) is 18.8 Å². The van der Waals surface area contributed by atoms with E-state index in [0.717, 1.165) is 11.3 Å². The van der Waals surface area contributed by atoms with Gasteiger partial charge in [-0.15, -0.1) is 0 Å². The van der Waals surface area contributed by atoms with Crippen molar-refractivity contribution in [2.24, 2.45) is 0 Å². The molecular weight excluding hydrogens is 252 g/mol. The second kappa shape index (κ2) is 5.25. The highest BCUT2D eigenvalue weighted by Gasteiger charge is 2.21. The molecule has 3 rings (SSSR count). The molecule has 1 N–H and O–H groups in total. The first-order valence-electron chi connectivity index (χ1n) is 6.68. The van der Waals surface area contributed by atoms with Gasteiger partial charge in [0.25, 0.3) is 0 Å². The zero-order chi connectivity index (χ0) is 13.9. The summed E-state index contributed by atoms with van der Waals surface area (Å²) in [5.74, 6) is -0.310. The lowest BCUT2D eigenvalue weighted by Crippen LogP contribution is -2.08. The van der Waals surface area contributed by atoms with Crippen molar-refractivity contribution in [1.82, 2.24) is 9.78 Å². The Bertz CT molecular complexity index is 682. The Balaban J connectivity index is 1.95. The second-order valence-corrected chi connectivity index (χ2v) is 4.60. The van der Waals surface area contributed by atoms with E-state index >= 15 is 0 Å². The van der Waals surface area contributed by atoms with E-state index in [4.69, 9.17) is 4.74 Å². The predicted octanol–water partition coefficient (Wildman–Crippen LogP) is 3.15. The molecule has 102 valence electrons. The van der Waals surface area contributed by atoms with Crippen molar-refractivity contribution in [3.8, 4) is 11.3 Å². The molecule has 1 aromatic rings. The molecule has 1 aliphatic heterocycles. The van der Waals surface area contributed by atoms with E-state index in [1.807, 2.05) is 41.1 Å². The third-order valence-electron chi connectivity index (χ3n) is 3.26. The van der Waals surface area contributed by atoms with Crippen LogP contribution in [-0.4, -0.2) is 22.4 Å². The molecule has 0 saturated carbocycles. The van der Waals surface area contributed by atoms with Gasteiger partial charge in [-0.25, -0.2) is 4.79 Å². The molecule has 0 aromatic heterocycles. The molecule has 4 nitrogen and oxygen atoms in total. The van der Waals surface area contributed by atoms with Gasteiger partial charge in [-0.05, 0) is 18.6 Å². The van der Waals surface area contributed by atoms with Gasteiger partial charge in [0.2, 0.25) is 0 Å². The lowest BCUT2D eigenvalue weighted by molar-refractivity contribution is 0.0519. The van der Waals surface area contributed by atoms with Gasteiger partial charge in [0, 0.05) is 5.56 Å². The molecule has 20 heavy (non-hydrogen) atoms. The van der Waals surface area contributed by atoms with Crippen LogP contribution in [0.2, 0.25) is 0 Å². The number of carbonyl (C=O) groups is 1. The first-order valence-corrected chi connectivity index (χ1v) is 6.68. The predicted molar refractivity (Wildman–Crippen MR) is 76.9 cm³/mol. The number of carbonyl (C=O) groups excluding carboxylic acids is 1. The fraction of sp³-hybridized carbons (Fsp3) is 0.188. The van der Waals surface area contributed by atoms with E-state index < -0.39 is 0 Å². The van der Waals surface area contributed by atoms with Crippen molar-refractivity contribution in [3.63, 3.8) is 0 Å². The zero-order valence-electron chi connectivity index (χ0n) is 11.3. The third kappa shape index (κ3) is 2.20. The molecule has 0 saturated heterocycles. The molecule has 0 bridgehead atoms. The van der Waals surface area contributed by atoms with Crippen LogP contribution >= 0.6 is 0 Å². The standard InChI is InChI=1S/C16H16N2O2/c1-2-20-16(19)15-13-9-6-10-14(13)18(17-15)11-12-7-4-3-5-8-12/h3-10,17H,2,11H2,1H3. The van der Waals surface area contributed by atoms with Gasteiger partial charge in [-0.2, -0.15) is 0 Å². The molecule has 4 heteroatoms. The Kier molecular flexibility index (Phi) is 3.29. The largest absolute Gasteiger partial charge is 0.461 e. The lowest BCUT2D eigenvalue weighted by Gasteiger charge is -2.05. The summed E-state index contributed by atoms with van der Waals surface area (Å²) in [6.45, 7) is 2.88. The minimum absolute atomic E-state index is 0.310. The summed E-state index contributed by atoms with van der Waals surface area (Å²) in [6.07, 6.45) is 0. The minimum atomic E-state index is -0.310. The molecule has 0 fully saturated rings. The maximum atomic E-state index is 12.0. The first-order chi connectivity index (χ1) is 9.79. The van der Waals surface area contributed by atoms with Crippen LogP contribution in [0.3, 0.4) is 0 Å². The highest BCUT2D eigenvalue weighted by Crippen LogP contribution is 2.28. The summed E-state index contributed by atoms with van der Waals surface area (Å²) >= 11 is 0. The fourth-order valence-corrected chi connectivity index (χ4v) is 2.36. The number of aromatic amines is 1. The van der Waals surface area contributed by atoms with Gasteiger partial charge in [-0.3, -0.25) is 9.78 Å². The Hall–Kier alpha value is -2.49. The van der Waals surface area contributed by atoms with Crippen LogP contribution in [0.15, 0.2) is 48.5 Å². The van der Waals surface area contributed by atoms with E-state index in [1.54, 1.807) is 6.92 Å². The molecular formula is C16H16N2O2. The summed E-state index contributed by atoms with van der Waals surface area (Å²) in [7, 11) is 0. The second-order valence-electron chi connectivity index (χ2n) is 4.60. The number of hydrogen-bond acceptors (Lipinski definition) is 2. The molecule has 0 spiro atoms. The summed E-state index contributed by atoms with van der Waals surface area (Å²) in [5, 5.41) is 3.14. The normalized spacial score (nSPS) is 10.8. The molecule has 0 amide bonds. The van der Waals surface area contributed by atoms with Crippen LogP contribution in [-0.2, 0) is 11.3 Å². The quantitative estimate of drug-likeness (QED) is 0.739. The van der Waals surface area contributed by atoms with Crippen LogP contribution < -0.4 is 0 Å². The SMILES string of the molecule is CCOC(=O)c1[nH]n(Cc2ccccc2)c2cccc1-2. The fourth-order valence-electron chi connectivity index (χ4n) is 2.36. The van der Waals surface area contributed by atoms with Gasteiger partial charge in [-0.1, -0.05) is 42.5 Å². The van der Waals surface area contributed by atoms with Crippen molar-refractivity contribution in [2.45, 2.75) is 13.5 Å². The molecule has 0 atom stereocenters. The maximum Gasteiger partial charge on any atom is 0.356 e. The van der Waals surface area contributed by atoms with E-state index in [1.165, 1.54) is 5.56 Å². The topological polar surface area (TPSA) is 47.0 Å². The van der Waals surface area contributed by atoms with Gasteiger partial charge >= 0.3 is 5.97 Å². The van der Waals surface area contributed by atoms with Gasteiger partial charge in [0.15, 0.2) is 0 Å². The monoisotopic (exact) mass is 268 g/mol. The van der Waals surface area contributed by atoms with Crippen molar-refractivity contribution in [2.75, 3.05) is 6.61 Å². The van der Waals surface area contributed by atoms with Gasteiger partial charge in [0.05, 0.1) is 18.8 Å². The summed E-state index contributed by atoms with van der Waals surface area (Å²) in [6, 6.07) is 16.0. The number of benzene rings is 1. The molecule has 1 heterocycles. The molecule has 1 aromatic carbocycles. The summed E-state index contributed by atoms with van der Waals surface area (Å²) in [5.41, 5.74) is 3.61. The molecule has 0 unspecified atom stereocenters. The Morgan fingerprint density at radius 1 is 1.15 bits per heavy atom. The first kappa shape index (κ1) is 12.5. The summed E-state index contributed by atoms with van der Waals surface area (Å²) < 4.78 is 7.05. The van der Waals surface area contributed by atoms with Crippen molar-refractivity contribution in [1.29, 1.82) is 0 Å². The smallest absolute Gasteiger partial charge is 0.356 e. The molecule has 1 aliphatic carbocycles. The average Bonchev–Trinajstić information content (AvgIpc) is 3.04. The third-order valence-corrected chi connectivity index (χ3v) is 3.26. The number of nitrogens with one attached hydrogen (secondary N) is 1. The zero-order valence-corrected chi connectivity index (χ0v) is 11.3. The molecule has 2 aliphatic rings. The Morgan fingerprint density at radius 3 is 2.70 bits per heavy atom. The maximum absolute atomic E-state index is 12.0. The average molecular weight is 268 g/mol. The highest BCUT2D eigenvalue weighted by molar-refractivity contribution is 5.95. The Morgan fingerprint density at radius 2 is 1.95 bits per heavy atom. The summed E-state index contributed by atoms with van der Waals surface area (Å²) in [4.78, 5) is 12.0. The number of ether oxygens (including phenoxy) is 1. The lowest BCUT2D eigenvalue weighted by atomic mass is 10.2. The minimum Gasteiger partial charge on any atom is -0.461 e. The van der Waals surface area contributed by atoms with Crippen molar-refractivity contribution in [3.05, 3.63) is 59.8 Å². The van der Waals surface area contributed by atoms with Crippen LogP contribution in [0, 0.1) is 0 Å². The number of nitrogens with zero attached hydrogens (tertiary/aromatic N) is 1. The number of fused-ring (bicyclic) bond motifs is 1. The molecule has 0 radical (unpaired) electrons. The van der Waals surface area contributed by atoms with Crippen LogP contribution in [0.5, 0.6) is 0 Å². The van der Waals surface area contributed by atoms with E-state index in [2.05, 4.69) is 17.2 Å². The number of rotatable bonds is 4. The van der Waals surface area contributed by atoms with Crippen LogP contribution in [0.25, 0.3) is 11.3 Å². The van der Waals surface area contributed by atoms with Gasteiger partial charge < -0.3 is 4.74 Å². The van der Waals surface area contributed by atoms with Crippen LogP contribution in [0.4, 0.5) is 0 Å². The number of aromatic nitrogens is 2. The van der Waals surface area contributed by atoms with Gasteiger partial charge in [0.1, 0.15) is 5.69 Å².